The van der Waals surface area contributed by atoms with Gasteiger partial charge in [-0.05, 0) is 38.1 Å². The number of likely N-dealkylation sites (N-methyl/N-ethyl adjacent to an activating group) is 1. The van der Waals surface area contributed by atoms with Crippen LogP contribution in [0.25, 0.3) is 0 Å². The molecular weight excluding hydrogens is 280 g/mol. The summed E-state index contributed by atoms with van der Waals surface area (Å²) in [4.78, 5) is 13.9. The fraction of sp³-hybridized carbons (Fsp3) is 0.471. The van der Waals surface area contributed by atoms with Gasteiger partial charge in [0.1, 0.15) is 11.9 Å². The van der Waals surface area contributed by atoms with Crippen molar-refractivity contribution in [3.63, 3.8) is 0 Å². The van der Waals surface area contributed by atoms with Gasteiger partial charge in [-0.25, -0.2) is 4.79 Å². The highest BCUT2D eigenvalue weighted by Crippen LogP contribution is 2.20. The van der Waals surface area contributed by atoms with Crippen LogP contribution in [-0.2, 0) is 4.74 Å². The number of anilines is 1. The first-order chi connectivity index (χ1) is 10.6. The van der Waals surface area contributed by atoms with E-state index in [1.54, 1.807) is 4.90 Å². The number of ether oxygens (including phenoxy) is 2. The summed E-state index contributed by atoms with van der Waals surface area (Å²) in [5, 5.41) is 2.88. The first-order valence-corrected chi connectivity index (χ1v) is 7.63. The molecule has 1 aliphatic rings. The lowest BCUT2D eigenvalue weighted by atomic mass is 10.2. The fourth-order valence-corrected chi connectivity index (χ4v) is 2.27. The molecule has 0 saturated carbocycles. The largest absolute Gasteiger partial charge is 0.488 e. The van der Waals surface area contributed by atoms with Crippen LogP contribution < -0.4 is 10.1 Å². The van der Waals surface area contributed by atoms with E-state index in [1.807, 2.05) is 38.1 Å². The third-order valence-electron chi connectivity index (χ3n) is 3.43. The van der Waals surface area contributed by atoms with Gasteiger partial charge in [0.25, 0.3) is 0 Å². The predicted octanol–water partition coefficient (Wildman–Crippen LogP) is 3.28. The van der Waals surface area contributed by atoms with Gasteiger partial charge in [0.2, 0.25) is 0 Å². The van der Waals surface area contributed by atoms with Crippen LogP contribution in [-0.4, -0.2) is 43.3 Å². The number of amides is 2. The molecule has 1 aromatic rings. The Labute approximate surface area is 131 Å². The van der Waals surface area contributed by atoms with Gasteiger partial charge in [0.05, 0.1) is 13.2 Å². The number of rotatable bonds is 6. The summed E-state index contributed by atoms with van der Waals surface area (Å²) in [7, 11) is 0. The fourth-order valence-electron chi connectivity index (χ4n) is 2.27. The SMILES string of the molecule is C=C(C)CN(CC)C(=O)Nc1ccc(O[C@H]2CCOC2)cc1. The molecule has 0 bridgehead atoms. The number of carbonyl (C=O) groups is 1. The Kier molecular flexibility index (Phi) is 5.83. The summed E-state index contributed by atoms with van der Waals surface area (Å²) < 4.78 is 11.1. The average molecular weight is 304 g/mol. The quantitative estimate of drug-likeness (QED) is 0.821. The smallest absolute Gasteiger partial charge is 0.322 e. The number of benzene rings is 1. The first kappa shape index (κ1) is 16.4. The van der Waals surface area contributed by atoms with Crippen molar-refractivity contribution < 1.29 is 14.3 Å². The van der Waals surface area contributed by atoms with Crippen molar-refractivity contribution in [2.45, 2.75) is 26.4 Å². The van der Waals surface area contributed by atoms with Crippen molar-refractivity contribution in [1.82, 2.24) is 4.90 Å². The van der Waals surface area contributed by atoms with Gasteiger partial charge in [-0.15, -0.1) is 0 Å². The van der Waals surface area contributed by atoms with E-state index in [0.717, 1.165) is 30.0 Å². The summed E-state index contributed by atoms with van der Waals surface area (Å²) in [6.45, 7) is 10.3. The number of nitrogens with zero attached hydrogens (tertiary/aromatic N) is 1. The third kappa shape index (κ3) is 4.77. The summed E-state index contributed by atoms with van der Waals surface area (Å²) in [5.41, 5.74) is 1.71. The molecule has 0 spiro atoms. The standard InChI is InChI=1S/C17H24N2O3/c1-4-19(11-13(2)3)17(20)18-14-5-7-15(8-6-14)22-16-9-10-21-12-16/h5-8,16H,2,4,9-12H2,1,3H3,(H,18,20)/t16-/m0/s1. The van der Waals surface area contributed by atoms with Gasteiger partial charge >= 0.3 is 6.03 Å². The molecule has 1 aromatic carbocycles. The Morgan fingerprint density at radius 3 is 2.73 bits per heavy atom. The molecule has 0 aromatic heterocycles. The molecule has 1 fully saturated rings. The van der Waals surface area contributed by atoms with Crippen molar-refractivity contribution >= 4 is 11.7 Å². The molecule has 5 nitrogen and oxygen atoms in total. The Hall–Kier alpha value is -2.01. The van der Waals surface area contributed by atoms with E-state index < -0.39 is 0 Å². The molecule has 0 aliphatic carbocycles. The maximum atomic E-state index is 12.2. The van der Waals surface area contributed by atoms with Crippen LogP contribution in [0.5, 0.6) is 5.75 Å². The number of carbonyl (C=O) groups excluding carboxylic acids is 1. The van der Waals surface area contributed by atoms with Crippen LogP contribution in [0.4, 0.5) is 10.5 Å². The molecule has 1 aliphatic heterocycles. The molecule has 2 rings (SSSR count). The maximum absolute atomic E-state index is 12.2. The number of hydrogen-bond acceptors (Lipinski definition) is 3. The molecule has 120 valence electrons. The number of nitrogens with one attached hydrogen (secondary N) is 1. The second-order valence-electron chi connectivity index (χ2n) is 5.53. The third-order valence-corrected chi connectivity index (χ3v) is 3.43. The van der Waals surface area contributed by atoms with Crippen LogP contribution in [0.1, 0.15) is 20.3 Å². The van der Waals surface area contributed by atoms with Gasteiger partial charge in [0, 0.05) is 25.2 Å². The molecule has 1 saturated heterocycles. The zero-order chi connectivity index (χ0) is 15.9. The molecule has 2 amide bonds. The second kappa shape index (κ2) is 7.84. The van der Waals surface area contributed by atoms with E-state index in [0.29, 0.717) is 19.7 Å². The molecule has 0 unspecified atom stereocenters. The van der Waals surface area contributed by atoms with Gasteiger partial charge in [-0.2, -0.15) is 0 Å². The van der Waals surface area contributed by atoms with Crippen molar-refractivity contribution in [2.24, 2.45) is 0 Å². The van der Waals surface area contributed by atoms with E-state index >= 15 is 0 Å². The van der Waals surface area contributed by atoms with Crippen molar-refractivity contribution in [3.8, 4) is 5.75 Å². The van der Waals surface area contributed by atoms with Crippen LogP contribution in [0.2, 0.25) is 0 Å². The Bertz CT molecular complexity index is 507. The van der Waals surface area contributed by atoms with Crippen molar-refractivity contribution in [3.05, 3.63) is 36.4 Å². The molecule has 1 heterocycles. The van der Waals surface area contributed by atoms with E-state index in [1.165, 1.54) is 0 Å². The van der Waals surface area contributed by atoms with Gasteiger partial charge in [-0.1, -0.05) is 12.2 Å². The molecule has 22 heavy (non-hydrogen) atoms. The summed E-state index contributed by atoms with van der Waals surface area (Å²) in [6.07, 6.45) is 1.05. The minimum Gasteiger partial charge on any atom is -0.488 e. The Morgan fingerprint density at radius 1 is 1.45 bits per heavy atom. The topological polar surface area (TPSA) is 50.8 Å². The number of urea groups is 1. The highest BCUT2D eigenvalue weighted by molar-refractivity contribution is 5.89. The monoisotopic (exact) mass is 304 g/mol. The zero-order valence-electron chi connectivity index (χ0n) is 13.3. The zero-order valence-corrected chi connectivity index (χ0v) is 13.3. The molecule has 1 atom stereocenters. The summed E-state index contributed by atoms with van der Waals surface area (Å²) in [5.74, 6) is 0.794. The molecular formula is C17H24N2O3. The Balaban J connectivity index is 1.89. The van der Waals surface area contributed by atoms with Gasteiger partial charge in [0.15, 0.2) is 0 Å². The van der Waals surface area contributed by atoms with E-state index in [4.69, 9.17) is 9.47 Å². The number of hydrogen-bond donors (Lipinski definition) is 1. The van der Waals surface area contributed by atoms with Gasteiger partial charge in [-0.3, -0.25) is 0 Å². The lowest BCUT2D eigenvalue weighted by Crippen LogP contribution is -2.35. The maximum Gasteiger partial charge on any atom is 0.322 e. The first-order valence-electron chi connectivity index (χ1n) is 7.63. The lowest BCUT2D eigenvalue weighted by Gasteiger charge is -2.21. The van der Waals surface area contributed by atoms with Crippen LogP contribution >= 0.6 is 0 Å². The van der Waals surface area contributed by atoms with Crippen molar-refractivity contribution in [2.75, 3.05) is 31.6 Å². The van der Waals surface area contributed by atoms with Gasteiger partial charge < -0.3 is 19.7 Å². The highest BCUT2D eigenvalue weighted by atomic mass is 16.5. The summed E-state index contributed by atoms with van der Waals surface area (Å²) >= 11 is 0. The lowest BCUT2D eigenvalue weighted by molar-refractivity contribution is 0.141. The van der Waals surface area contributed by atoms with Crippen LogP contribution in [0, 0.1) is 0 Å². The molecule has 0 radical (unpaired) electrons. The molecule has 5 heteroatoms. The van der Waals surface area contributed by atoms with Crippen molar-refractivity contribution in [1.29, 1.82) is 0 Å². The minimum absolute atomic E-state index is 0.122. The minimum atomic E-state index is -0.122. The van der Waals surface area contributed by atoms with Crippen LogP contribution in [0.3, 0.4) is 0 Å². The average Bonchev–Trinajstić information content (AvgIpc) is 2.99. The van der Waals surface area contributed by atoms with E-state index in [-0.39, 0.29) is 12.1 Å². The van der Waals surface area contributed by atoms with E-state index in [2.05, 4.69) is 11.9 Å². The summed E-state index contributed by atoms with van der Waals surface area (Å²) in [6, 6.07) is 7.30. The molecule has 1 N–H and O–H groups in total. The van der Waals surface area contributed by atoms with E-state index in [9.17, 15) is 4.79 Å². The van der Waals surface area contributed by atoms with Crippen LogP contribution in [0.15, 0.2) is 36.4 Å². The highest BCUT2D eigenvalue weighted by Gasteiger charge is 2.17. The Morgan fingerprint density at radius 2 is 2.18 bits per heavy atom. The predicted molar refractivity (Wildman–Crippen MR) is 87.4 cm³/mol. The second-order valence-corrected chi connectivity index (χ2v) is 5.53. The normalized spacial score (nSPS) is 17.1.